The zero-order chi connectivity index (χ0) is 21.7. The Balaban J connectivity index is 1.91. The van der Waals surface area contributed by atoms with Crippen molar-refractivity contribution in [3.63, 3.8) is 0 Å². The van der Waals surface area contributed by atoms with E-state index in [-0.39, 0.29) is 41.3 Å². The number of rotatable bonds is 7. The highest BCUT2D eigenvalue weighted by molar-refractivity contribution is 7.99. The molecule has 4 nitrogen and oxygen atoms in total. The lowest BCUT2D eigenvalue weighted by atomic mass is 10.2. The molecule has 1 heterocycles. The summed E-state index contributed by atoms with van der Waals surface area (Å²) in [7, 11) is 0. The van der Waals surface area contributed by atoms with Gasteiger partial charge in [-0.25, -0.2) is 9.83 Å². The van der Waals surface area contributed by atoms with Gasteiger partial charge >= 0.3 is 6.18 Å². The van der Waals surface area contributed by atoms with Crippen LogP contribution in [0.2, 0.25) is 5.02 Å². The summed E-state index contributed by atoms with van der Waals surface area (Å²) in [4.78, 5) is 7.59. The molecular weight excluding hydrogens is 435 g/mol. The fourth-order valence-corrected chi connectivity index (χ4v) is 4.31. The van der Waals surface area contributed by atoms with Crippen molar-refractivity contribution in [3.8, 4) is 0 Å². The second kappa shape index (κ2) is 9.56. The average Bonchev–Trinajstić information content (AvgIpc) is 3.05. The molecular formula is C21H17ClF3N3OS. The lowest BCUT2D eigenvalue weighted by Gasteiger charge is -2.12. The van der Waals surface area contributed by atoms with Crippen LogP contribution in [-0.4, -0.2) is 9.55 Å². The van der Waals surface area contributed by atoms with Crippen LogP contribution in [0.1, 0.15) is 24.0 Å². The van der Waals surface area contributed by atoms with E-state index in [1.54, 1.807) is 6.92 Å². The van der Waals surface area contributed by atoms with Gasteiger partial charge in [0.15, 0.2) is 11.4 Å². The molecule has 0 spiro atoms. The normalized spacial score (nSPS) is 11.5. The van der Waals surface area contributed by atoms with Crippen molar-refractivity contribution in [2.24, 2.45) is 0 Å². The van der Waals surface area contributed by atoms with E-state index in [0.717, 1.165) is 17.3 Å². The number of ether oxygens (including phenoxy) is 1. The molecule has 0 unspecified atom stereocenters. The summed E-state index contributed by atoms with van der Waals surface area (Å²) in [5, 5.41) is 0.232. The van der Waals surface area contributed by atoms with Crippen LogP contribution < -0.4 is 0 Å². The fraction of sp³-hybridized carbons (Fsp3) is 0.238. The van der Waals surface area contributed by atoms with Gasteiger partial charge in [-0.2, -0.15) is 13.2 Å². The summed E-state index contributed by atoms with van der Waals surface area (Å²) in [6.07, 6.45) is -4.63. The van der Waals surface area contributed by atoms with Crippen LogP contribution >= 0.6 is 23.4 Å². The minimum atomic E-state index is -4.63. The second-order valence-electron chi connectivity index (χ2n) is 6.26. The first-order valence-electron chi connectivity index (χ1n) is 8.96. The summed E-state index contributed by atoms with van der Waals surface area (Å²) in [6, 6.07) is 13.9. The van der Waals surface area contributed by atoms with E-state index in [0.29, 0.717) is 4.90 Å². The molecule has 0 N–H and O–H groups in total. The Morgan fingerprint density at radius 3 is 2.53 bits per heavy atom. The van der Waals surface area contributed by atoms with E-state index in [2.05, 4.69) is 9.83 Å². The van der Waals surface area contributed by atoms with Crippen molar-refractivity contribution >= 4 is 29.1 Å². The highest BCUT2D eigenvalue weighted by Crippen LogP contribution is 2.41. The van der Waals surface area contributed by atoms with Gasteiger partial charge in [0, 0.05) is 16.5 Å². The van der Waals surface area contributed by atoms with Crippen LogP contribution in [-0.2, 0) is 30.7 Å². The summed E-state index contributed by atoms with van der Waals surface area (Å²) >= 11 is 6.89. The number of aromatic nitrogens is 2. The van der Waals surface area contributed by atoms with Gasteiger partial charge < -0.3 is 9.30 Å². The minimum absolute atomic E-state index is 0.0542. The van der Waals surface area contributed by atoms with Gasteiger partial charge in [-0.15, -0.1) is 0 Å². The van der Waals surface area contributed by atoms with Crippen molar-refractivity contribution in [1.29, 1.82) is 0 Å². The van der Waals surface area contributed by atoms with E-state index >= 15 is 0 Å². The minimum Gasteiger partial charge on any atom is -0.369 e. The summed E-state index contributed by atoms with van der Waals surface area (Å²) in [5.41, 5.74) is 0.202. The predicted octanol–water partition coefficient (Wildman–Crippen LogP) is 6.99. The Hall–Kier alpha value is -2.47. The highest BCUT2D eigenvalue weighted by Gasteiger charge is 2.39. The Morgan fingerprint density at radius 2 is 1.90 bits per heavy atom. The van der Waals surface area contributed by atoms with Crippen molar-refractivity contribution in [2.75, 3.05) is 0 Å². The summed E-state index contributed by atoms with van der Waals surface area (Å²) in [6.45, 7) is 9.37. The number of alkyl halides is 3. The van der Waals surface area contributed by atoms with Crippen LogP contribution in [0.5, 0.6) is 0 Å². The van der Waals surface area contributed by atoms with Crippen LogP contribution in [0, 0.1) is 6.57 Å². The van der Waals surface area contributed by atoms with Crippen molar-refractivity contribution in [1.82, 2.24) is 9.55 Å². The maximum Gasteiger partial charge on any atom is 0.436 e. The molecule has 0 amide bonds. The Labute approximate surface area is 181 Å². The molecule has 2 aromatic carbocycles. The molecule has 30 heavy (non-hydrogen) atoms. The Kier molecular flexibility index (Phi) is 7.08. The molecule has 3 aromatic rings. The maximum absolute atomic E-state index is 13.7. The molecule has 0 atom stereocenters. The highest BCUT2D eigenvalue weighted by atomic mass is 35.5. The third-order valence-corrected chi connectivity index (χ3v) is 5.42. The molecule has 0 aliphatic heterocycles. The standard InChI is InChI=1S/C21H17ClF3N3OS/c1-3-28-18(13-29-12-14-7-5-4-6-8-14)27-19(21(23,24)25)20(28)30-17-10-15(22)9-16(11-17)26-2/h4-11H,3,12-13H2,1H3. The smallest absolute Gasteiger partial charge is 0.369 e. The van der Waals surface area contributed by atoms with E-state index in [9.17, 15) is 13.2 Å². The number of halogens is 4. The quantitative estimate of drug-likeness (QED) is 0.362. The van der Waals surface area contributed by atoms with Crippen LogP contribution in [0.25, 0.3) is 4.85 Å². The van der Waals surface area contributed by atoms with Gasteiger partial charge in [0.05, 0.1) is 13.2 Å². The second-order valence-corrected chi connectivity index (χ2v) is 7.76. The number of benzene rings is 2. The maximum atomic E-state index is 13.7. The van der Waals surface area contributed by atoms with Gasteiger partial charge in [-0.3, -0.25) is 0 Å². The van der Waals surface area contributed by atoms with Crippen molar-refractivity contribution in [3.05, 3.63) is 82.1 Å². The molecule has 0 fully saturated rings. The molecule has 0 radical (unpaired) electrons. The van der Waals surface area contributed by atoms with E-state index in [4.69, 9.17) is 22.9 Å². The lowest BCUT2D eigenvalue weighted by molar-refractivity contribution is -0.143. The van der Waals surface area contributed by atoms with Gasteiger partial charge in [0.1, 0.15) is 17.5 Å². The molecule has 0 aliphatic carbocycles. The van der Waals surface area contributed by atoms with Crippen molar-refractivity contribution in [2.45, 2.75) is 42.8 Å². The van der Waals surface area contributed by atoms with E-state index in [1.165, 1.54) is 22.8 Å². The van der Waals surface area contributed by atoms with Gasteiger partial charge in [0.2, 0.25) is 0 Å². The fourth-order valence-electron chi connectivity index (χ4n) is 2.82. The average molecular weight is 452 g/mol. The summed E-state index contributed by atoms with van der Waals surface area (Å²) < 4.78 is 48.2. The molecule has 0 bridgehead atoms. The first kappa shape index (κ1) is 22.2. The number of hydrogen-bond acceptors (Lipinski definition) is 3. The third-order valence-electron chi connectivity index (χ3n) is 4.13. The summed E-state index contributed by atoms with van der Waals surface area (Å²) in [5.74, 6) is 0.190. The first-order chi connectivity index (χ1) is 14.3. The number of nitrogens with zero attached hydrogens (tertiary/aromatic N) is 3. The van der Waals surface area contributed by atoms with E-state index in [1.807, 2.05) is 30.3 Å². The molecule has 0 saturated heterocycles. The van der Waals surface area contributed by atoms with E-state index < -0.39 is 11.9 Å². The van der Waals surface area contributed by atoms with Gasteiger partial charge in [0.25, 0.3) is 0 Å². The van der Waals surface area contributed by atoms with Crippen LogP contribution in [0.3, 0.4) is 0 Å². The SMILES string of the molecule is [C-]#[N+]c1cc(Cl)cc(Sc2c(C(F)(F)F)nc(COCc3ccccc3)n2CC)c1. The van der Waals surface area contributed by atoms with Gasteiger partial charge in [-0.1, -0.05) is 53.7 Å². The molecule has 0 aliphatic rings. The predicted molar refractivity (Wildman–Crippen MR) is 110 cm³/mol. The molecule has 3 rings (SSSR count). The third kappa shape index (κ3) is 5.36. The number of imidazole rings is 1. The molecule has 0 saturated carbocycles. The largest absolute Gasteiger partial charge is 0.436 e. The lowest BCUT2D eigenvalue weighted by Crippen LogP contribution is -2.08. The van der Waals surface area contributed by atoms with Crippen LogP contribution in [0.15, 0.2) is 58.5 Å². The molecule has 1 aromatic heterocycles. The first-order valence-corrected chi connectivity index (χ1v) is 10.2. The van der Waals surface area contributed by atoms with Gasteiger partial charge in [-0.05, 0) is 30.7 Å². The monoisotopic (exact) mass is 451 g/mol. The molecule has 9 heteroatoms. The topological polar surface area (TPSA) is 31.4 Å². The van der Waals surface area contributed by atoms with Crippen LogP contribution in [0.4, 0.5) is 18.9 Å². The van der Waals surface area contributed by atoms with Crippen molar-refractivity contribution < 1.29 is 17.9 Å². The molecule has 156 valence electrons. The Bertz CT molecular complexity index is 1060. The zero-order valence-corrected chi connectivity index (χ0v) is 17.5. The number of hydrogen-bond donors (Lipinski definition) is 0. The zero-order valence-electron chi connectivity index (χ0n) is 15.9. The Morgan fingerprint density at radius 1 is 1.17 bits per heavy atom.